The van der Waals surface area contributed by atoms with Crippen LogP contribution in [0.5, 0.6) is 5.75 Å². The van der Waals surface area contributed by atoms with Crippen molar-refractivity contribution in [3.8, 4) is 5.75 Å². The number of fused-ring (bicyclic) bond motifs is 1. The monoisotopic (exact) mass is 584 g/mol. The molecule has 0 radical (unpaired) electrons. The predicted octanol–water partition coefficient (Wildman–Crippen LogP) is 5.67. The third kappa shape index (κ3) is 6.43. The molecule has 0 amide bonds. The van der Waals surface area contributed by atoms with Crippen molar-refractivity contribution in [2.24, 2.45) is 0 Å². The lowest BCUT2D eigenvalue weighted by atomic mass is 9.93. The standard InChI is InChI=1S/C31H40N2O7S/c1-8-41(36,37)23-13-15-32(26(18-23)21-9-11-22(12-10-21)29(34)39-7)19-25-24-14-16-33(30(35)40-31(3,4)5)28(24)20(2)17-27(25)38-6/h9-12,14,16-17,23,26H,8,13,15,18-19H2,1-7H3/t23-,26-/m0/s1. The average Bonchev–Trinajstić information content (AvgIpc) is 3.39. The first-order chi connectivity index (χ1) is 19.3. The summed E-state index contributed by atoms with van der Waals surface area (Å²) in [6, 6.07) is 10.8. The zero-order valence-electron chi connectivity index (χ0n) is 24.9. The first-order valence-corrected chi connectivity index (χ1v) is 15.6. The number of methoxy groups -OCH3 is 2. The lowest BCUT2D eigenvalue weighted by Crippen LogP contribution is -2.41. The quantitative estimate of drug-likeness (QED) is 0.327. The van der Waals surface area contributed by atoms with Crippen LogP contribution in [0.3, 0.4) is 0 Å². The van der Waals surface area contributed by atoms with Crippen molar-refractivity contribution >= 4 is 32.8 Å². The highest BCUT2D eigenvalue weighted by Crippen LogP contribution is 2.39. The van der Waals surface area contributed by atoms with Gasteiger partial charge in [-0.05, 0) is 75.9 Å². The minimum atomic E-state index is -3.24. The van der Waals surface area contributed by atoms with E-state index in [1.807, 2.05) is 52.0 Å². The molecule has 1 saturated heterocycles. The van der Waals surface area contributed by atoms with Gasteiger partial charge in [0.1, 0.15) is 11.4 Å². The van der Waals surface area contributed by atoms with Gasteiger partial charge in [0.05, 0.1) is 30.5 Å². The Kier molecular flexibility index (Phi) is 8.84. The molecule has 222 valence electrons. The number of hydrogen-bond acceptors (Lipinski definition) is 8. The molecular weight excluding hydrogens is 544 g/mol. The number of ether oxygens (including phenoxy) is 3. The first-order valence-electron chi connectivity index (χ1n) is 13.8. The number of piperidine rings is 1. The van der Waals surface area contributed by atoms with Crippen molar-refractivity contribution in [3.63, 3.8) is 0 Å². The van der Waals surface area contributed by atoms with E-state index in [1.165, 1.54) is 11.7 Å². The molecular formula is C31H40N2O7S. The van der Waals surface area contributed by atoms with Crippen LogP contribution in [0.25, 0.3) is 10.9 Å². The summed E-state index contributed by atoms with van der Waals surface area (Å²) >= 11 is 0. The lowest BCUT2D eigenvalue weighted by molar-refractivity contribution is 0.0542. The van der Waals surface area contributed by atoms with Crippen molar-refractivity contribution in [2.45, 2.75) is 70.9 Å². The molecule has 4 rings (SSSR count). The van der Waals surface area contributed by atoms with Gasteiger partial charge in [-0.15, -0.1) is 0 Å². The fourth-order valence-corrected chi connectivity index (χ4v) is 7.02. The highest BCUT2D eigenvalue weighted by atomic mass is 32.2. The molecule has 1 aliphatic heterocycles. The number of rotatable bonds is 7. The second-order valence-corrected chi connectivity index (χ2v) is 14.1. The molecule has 3 aromatic rings. The smallest absolute Gasteiger partial charge is 0.419 e. The minimum absolute atomic E-state index is 0.0935. The van der Waals surface area contributed by atoms with Crippen LogP contribution in [0.15, 0.2) is 42.6 Å². The number of sulfone groups is 1. The number of hydrogen-bond donors (Lipinski definition) is 0. The summed E-state index contributed by atoms with van der Waals surface area (Å²) in [6.07, 6.45) is 2.21. The maximum absolute atomic E-state index is 13.0. The molecule has 9 nitrogen and oxygen atoms in total. The summed E-state index contributed by atoms with van der Waals surface area (Å²) in [7, 11) is -0.277. The van der Waals surface area contributed by atoms with Crippen LogP contribution in [-0.4, -0.2) is 67.3 Å². The molecule has 1 aromatic heterocycles. The normalized spacial score (nSPS) is 18.3. The molecule has 0 N–H and O–H groups in total. The highest BCUT2D eigenvalue weighted by Gasteiger charge is 2.36. The molecule has 2 aromatic carbocycles. The van der Waals surface area contributed by atoms with Crippen LogP contribution in [0.4, 0.5) is 4.79 Å². The average molecular weight is 585 g/mol. The van der Waals surface area contributed by atoms with Gasteiger partial charge in [-0.2, -0.15) is 0 Å². The summed E-state index contributed by atoms with van der Waals surface area (Å²) in [6.45, 7) is 10.1. The van der Waals surface area contributed by atoms with E-state index in [-0.39, 0.29) is 11.8 Å². The summed E-state index contributed by atoms with van der Waals surface area (Å²) in [5, 5.41) is 0.415. The number of benzene rings is 2. The third-order valence-corrected chi connectivity index (χ3v) is 9.94. The molecule has 1 fully saturated rings. The van der Waals surface area contributed by atoms with Crippen LogP contribution in [0.2, 0.25) is 0 Å². The van der Waals surface area contributed by atoms with Crippen LogP contribution < -0.4 is 4.74 Å². The number of esters is 1. The van der Waals surface area contributed by atoms with E-state index < -0.39 is 32.8 Å². The van der Waals surface area contributed by atoms with E-state index in [9.17, 15) is 18.0 Å². The fourth-order valence-electron chi connectivity index (χ4n) is 5.61. The van der Waals surface area contributed by atoms with Gasteiger partial charge in [0.2, 0.25) is 0 Å². The molecule has 0 spiro atoms. The Morgan fingerprint density at radius 1 is 1.07 bits per heavy atom. The Morgan fingerprint density at radius 3 is 2.34 bits per heavy atom. The predicted molar refractivity (Wildman–Crippen MR) is 158 cm³/mol. The van der Waals surface area contributed by atoms with E-state index in [0.717, 1.165) is 27.6 Å². The molecule has 1 aliphatic rings. The number of carbonyl (C=O) groups is 2. The number of likely N-dealkylation sites (tertiary alicyclic amines) is 1. The number of aromatic nitrogens is 1. The summed E-state index contributed by atoms with van der Waals surface area (Å²) in [5.41, 5.74) is 3.24. The zero-order valence-corrected chi connectivity index (χ0v) is 25.7. The van der Waals surface area contributed by atoms with Gasteiger partial charge >= 0.3 is 12.1 Å². The minimum Gasteiger partial charge on any atom is -0.496 e. The van der Waals surface area contributed by atoms with Crippen LogP contribution >= 0.6 is 0 Å². The molecule has 2 heterocycles. The Labute approximate surface area is 242 Å². The van der Waals surface area contributed by atoms with Crippen molar-refractivity contribution in [1.29, 1.82) is 0 Å². The van der Waals surface area contributed by atoms with Gasteiger partial charge in [-0.3, -0.25) is 9.47 Å². The summed E-state index contributed by atoms with van der Waals surface area (Å²) < 4.78 is 43.7. The second-order valence-electron chi connectivity index (χ2n) is 11.5. The van der Waals surface area contributed by atoms with Crippen molar-refractivity contribution in [1.82, 2.24) is 9.47 Å². The molecule has 0 bridgehead atoms. The van der Waals surface area contributed by atoms with Gasteiger partial charge in [0, 0.05) is 42.0 Å². The summed E-state index contributed by atoms with van der Waals surface area (Å²) in [4.78, 5) is 27.3. The number of nitrogens with zero attached hydrogens (tertiary/aromatic N) is 2. The number of aryl methyl sites for hydroxylation is 1. The zero-order chi connectivity index (χ0) is 30.1. The van der Waals surface area contributed by atoms with Gasteiger partial charge in [-0.25, -0.2) is 18.0 Å². The van der Waals surface area contributed by atoms with Gasteiger partial charge < -0.3 is 14.2 Å². The van der Waals surface area contributed by atoms with E-state index >= 15 is 0 Å². The summed E-state index contributed by atoms with van der Waals surface area (Å²) in [5.74, 6) is 0.362. The van der Waals surface area contributed by atoms with Gasteiger partial charge in [0.25, 0.3) is 0 Å². The van der Waals surface area contributed by atoms with E-state index in [1.54, 1.807) is 32.4 Å². The second kappa shape index (κ2) is 11.9. The van der Waals surface area contributed by atoms with E-state index in [0.29, 0.717) is 37.2 Å². The number of carbonyl (C=O) groups excluding carboxylic acids is 2. The van der Waals surface area contributed by atoms with E-state index in [4.69, 9.17) is 14.2 Å². The third-order valence-electron chi connectivity index (χ3n) is 7.69. The molecule has 2 atom stereocenters. The fraction of sp³-hybridized carbons (Fsp3) is 0.484. The first kappa shape index (κ1) is 30.6. The van der Waals surface area contributed by atoms with Crippen LogP contribution in [0, 0.1) is 6.92 Å². The van der Waals surface area contributed by atoms with Gasteiger partial charge in [0.15, 0.2) is 9.84 Å². The van der Waals surface area contributed by atoms with Crippen molar-refractivity contribution in [2.75, 3.05) is 26.5 Å². The maximum atomic E-state index is 13.0. The van der Waals surface area contributed by atoms with Crippen molar-refractivity contribution < 1.29 is 32.2 Å². The largest absolute Gasteiger partial charge is 0.496 e. The topological polar surface area (TPSA) is 104 Å². The molecule has 41 heavy (non-hydrogen) atoms. The van der Waals surface area contributed by atoms with Gasteiger partial charge in [-0.1, -0.05) is 19.1 Å². The lowest BCUT2D eigenvalue weighted by Gasteiger charge is -2.40. The van der Waals surface area contributed by atoms with E-state index in [2.05, 4.69) is 4.90 Å². The Balaban J connectivity index is 1.76. The molecule has 10 heteroatoms. The Hall–Kier alpha value is -3.37. The Bertz CT molecular complexity index is 1540. The molecule has 0 saturated carbocycles. The Morgan fingerprint density at radius 2 is 1.76 bits per heavy atom. The maximum Gasteiger partial charge on any atom is 0.419 e. The molecule has 0 aliphatic carbocycles. The van der Waals surface area contributed by atoms with Crippen LogP contribution in [0.1, 0.15) is 73.6 Å². The molecule has 0 unspecified atom stereocenters. The van der Waals surface area contributed by atoms with Crippen LogP contribution in [-0.2, 0) is 25.9 Å². The highest BCUT2D eigenvalue weighted by molar-refractivity contribution is 7.92. The SMILES string of the molecule is CCS(=O)(=O)[C@H]1CCN(Cc2c(OC)cc(C)c3c2ccn3C(=O)OC(C)(C)C)[C@H](c2ccc(C(=O)OC)cc2)C1. The van der Waals surface area contributed by atoms with Crippen molar-refractivity contribution in [3.05, 3.63) is 64.8 Å².